The Bertz CT molecular complexity index is 808. The molecule has 1 aliphatic rings. The predicted octanol–water partition coefficient (Wildman–Crippen LogP) is 3.75. The first-order chi connectivity index (χ1) is 13.5. The van der Waals surface area contributed by atoms with Gasteiger partial charge in [-0.2, -0.15) is 4.98 Å². The maximum absolute atomic E-state index is 12.1. The molecule has 0 bridgehead atoms. The van der Waals surface area contributed by atoms with Crippen LogP contribution in [-0.4, -0.2) is 35.6 Å². The van der Waals surface area contributed by atoms with Crippen molar-refractivity contribution in [3.05, 3.63) is 36.2 Å². The molecule has 1 fully saturated rings. The predicted molar refractivity (Wildman–Crippen MR) is 109 cm³/mol. The topological polar surface area (TPSA) is 90.6 Å². The third kappa shape index (κ3) is 4.52. The molecule has 1 aliphatic heterocycles. The molecule has 1 aromatic heterocycles. The Kier molecular flexibility index (Phi) is 6.34. The normalized spacial score (nSPS) is 16.9. The van der Waals surface area contributed by atoms with Gasteiger partial charge in [-0.3, -0.25) is 4.79 Å². The number of carbonyl (C=O) groups is 1. The summed E-state index contributed by atoms with van der Waals surface area (Å²) in [7, 11) is 0. The number of hydrogen-bond donors (Lipinski definition) is 1. The van der Waals surface area contributed by atoms with Crippen molar-refractivity contribution in [2.45, 2.75) is 39.5 Å². The number of nitrogens with two attached hydrogens (primary N) is 1. The fourth-order valence-corrected chi connectivity index (χ4v) is 3.36. The number of hydrogen-bond acceptors (Lipinski definition) is 7. The SMILES string of the molecule is CCOC(=O)C1CCCN(c2ncnc(Oc3ccc(C(C)C)cc3)c2N)C1. The summed E-state index contributed by atoms with van der Waals surface area (Å²) in [5, 5.41) is 0. The van der Waals surface area contributed by atoms with Gasteiger partial charge in [-0.15, -0.1) is 0 Å². The first kappa shape index (κ1) is 19.9. The molecule has 7 heteroatoms. The minimum Gasteiger partial charge on any atom is -0.466 e. The van der Waals surface area contributed by atoms with Crippen molar-refractivity contribution in [2.24, 2.45) is 5.92 Å². The summed E-state index contributed by atoms with van der Waals surface area (Å²) in [4.78, 5) is 22.6. The van der Waals surface area contributed by atoms with Gasteiger partial charge in [-0.1, -0.05) is 26.0 Å². The fourth-order valence-electron chi connectivity index (χ4n) is 3.36. The number of carbonyl (C=O) groups excluding carboxylic acids is 1. The van der Waals surface area contributed by atoms with E-state index >= 15 is 0 Å². The lowest BCUT2D eigenvalue weighted by Crippen LogP contribution is -2.40. The molecule has 0 amide bonds. The molecule has 2 heterocycles. The number of esters is 1. The molecule has 150 valence electrons. The molecule has 0 spiro atoms. The minimum atomic E-state index is -0.170. The highest BCUT2D eigenvalue weighted by Crippen LogP contribution is 2.34. The summed E-state index contributed by atoms with van der Waals surface area (Å²) >= 11 is 0. The maximum Gasteiger partial charge on any atom is 0.310 e. The summed E-state index contributed by atoms with van der Waals surface area (Å²) in [5.41, 5.74) is 7.93. The number of anilines is 2. The summed E-state index contributed by atoms with van der Waals surface area (Å²) in [6.45, 7) is 7.80. The Morgan fingerprint density at radius 2 is 2.04 bits per heavy atom. The van der Waals surface area contributed by atoms with Crippen LogP contribution in [0.1, 0.15) is 45.1 Å². The fraction of sp³-hybridized carbons (Fsp3) is 0.476. The Morgan fingerprint density at radius 3 is 2.71 bits per heavy atom. The van der Waals surface area contributed by atoms with E-state index in [2.05, 4.69) is 23.8 Å². The standard InChI is InChI=1S/C21H28N4O3/c1-4-27-21(26)16-6-5-11-25(12-16)19-18(22)20(24-13-23-19)28-17-9-7-15(8-10-17)14(2)3/h7-10,13-14,16H,4-6,11-12,22H2,1-3H3. The highest BCUT2D eigenvalue weighted by Gasteiger charge is 2.29. The molecule has 3 rings (SSSR count). The maximum atomic E-state index is 12.1. The van der Waals surface area contributed by atoms with Crippen molar-refractivity contribution in [1.29, 1.82) is 0 Å². The van der Waals surface area contributed by atoms with Gasteiger partial charge in [0.05, 0.1) is 12.5 Å². The van der Waals surface area contributed by atoms with Crippen molar-refractivity contribution in [3.63, 3.8) is 0 Å². The van der Waals surface area contributed by atoms with Crippen LogP contribution in [0.2, 0.25) is 0 Å². The molecule has 0 aliphatic carbocycles. The molecule has 2 aromatic rings. The van der Waals surface area contributed by atoms with E-state index in [1.54, 1.807) is 0 Å². The second-order valence-corrected chi connectivity index (χ2v) is 7.28. The van der Waals surface area contributed by atoms with Gasteiger partial charge < -0.3 is 20.1 Å². The number of rotatable bonds is 6. The van der Waals surface area contributed by atoms with E-state index in [0.717, 1.165) is 19.4 Å². The van der Waals surface area contributed by atoms with Crippen LogP contribution in [0.4, 0.5) is 11.5 Å². The lowest BCUT2D eigenvalue weighted by atomic mass is 9.98. The average Bonchev–Trinajstić information content (AvgIpc) is 2.70. The van der Waals surface area contributed by atoms with Crippen LogP contribution in [0.25, 0.3) is 0 Å². The Labute approximate surface area is 165 Å². The van der Waals surface area contributed by atoms with Crippen LogP contribution in [-0.2, 0) is 9.53 Å². The lowest BCUT2D eigenvalue weighted by Gasteiger charge is -2.33. The highest BCUT2D eigenvalue weighted by molar-refractivity contribution is 5.75. The number of aromatic nitrogens is 2. The average molecular weight is 384 g/mol. The molecule has 28 heavy (non-hydrogen) atoms. The number of piperidine rings is 1. The largest absolute Gasteiger partial charge is 0.466 e. The van der Waals surface area contributed by atoms with Crippen molar-refractivity contribution in [3.8, 4) is 11.6 Å². The second kappa shape index (κ2) is 8.91. The third-order valence-electron chi connectivity index (χ3n) is 4.93. The molecule has 1 atom stereocenters. The van der Waals surface area contributed by atoms with Gasteiger partial charge in [0.15, 0.2) is 5.82 Å². The van der Waals surface area contributed by atoms with E-state index in [9.17, 15) is 4.79 Å². The second-order valence-electron chi connectivity index (χ2n) is 7.28. The van der Waals surface area contributed by atoms with E-state index < -0.39 is 0 Å². The summed E-state index contributed by atoms with van der Waals surface area (Å²) in [6, 6.07) is 7.89. The van der Waals surface area contributed by atoms with Gasteiger partial charge in [0.25, 0.3) is 0 Å². The molecular weight excluding hydrogens is 356 g/mol. The van der Waals surface area contributed by atoms with E-state index in [0.29, 0.717) is 42.2 Å². The first-order valence-electron chi connectivity index (χ1n) is 9.79. The van der Waals surface area contributed by atoms with E-state index in [1.807, 2.05) is 36.1 Å². The zero-order chi connectivity index (χ0) is 20.1. The molecule has 0 radical (unpaired) electrons. The van der Waals surface area contributed by atoms with Gasteiger partial charge in [-0.25, -0.2) is 4.98 Å². The Morgan fingerprint density at radius 1 is 1.29 bits per heavy atom. The van der Waals surface area contributed by atoms with Crippen LogP contribution in [0.5, 0.6) is 11.6 Å². The third-order valence-corrected chi connectivity index (χ3v) is 4.93. The Hall–Kier alpha value is -2.83. The van der Waals surface area contributed by atoms with Gasteiger partial charge in [0, 0.05) is 13.1 Å². The number of benzene rings is 1. The van der Waals surface area contributed by atoms with E-state index in [-0.39, 0.29) is 11.9 Å². The van der Waals surface area contributed by atoms with Crippen molar-refractivity contribution >= 4 is 17.5 Å². The lowest BCUT2D eigenvalue weighted by molar-refractivity contribution is -0.148. The molecular formula is C21H28N4O3. The van der Waals surface area contributed by atoms with E-state index in [1.165, 1.54) is 11.9 Å². The van der Waals surface area contributed by atoms with Crippen LogP contribution < -0.4 is 15.4 Å². The quantitative estimate of drug-likeness (QED) is 0.758. The van der Waals surface area contributed by atoms with Gasteiger partial charge in [0.1, 0.15) is 17.8 Å². The summed E-state index contributed by atoms with van der Waals surface area (Å²) in [5.74, 6) is 1.70. The zero-order valence-corrected chi connectivity index (χ0v) is 16.7. The Balaban J connectivity index is 1.76. The summed E-state index contributed by atoms with van der Waals surface area (Å²) < 4.78 is 11.1. The van der Waals surface area contributed by atoms with Gasteiger partial charge in [-0.05, 0) is 43.4 Å². The van der Waals surface area contributed by atoms with Gasteiger partial charge >= 0.3 is 5.97 Å². The van der Waals surface area contributed by atoms with E-state index in [4.69, 9.17) is 15.2 Å². The first-order valence-corrected chi connectivity index (χ1v) is 9.79. The monoisotopic (exact) mass is 384 g/mol. The van der Waals surface area contributed by atoms with Crippen molar-refractivity contribution < 1.29 is 14.3 Å². The molecule has 7 nitrogen and oxygen atoms in total. The number of ether oxygens (including phenoxy) is 2. The number of nitrogen functional groups attached to an aromatic ring is 1. The molecule has 1 saturated heterocycles. The van der Waals surface area contributed by atoms with Crippen LogP contribution >= 0.6 is 0 Å². The van der Waals surface area contributed by atoms with Crippen LogP contribution in [0.15, 0.2) is 30.6 Å². The van der Waals surface area contributed by atoms with Crippen LogP contribution in [0, 0.1) is 5.92 Å². The molecule has 2 N–H and O–H groups in total. The van der Waals surface area contributed by atoms with Crippen LogP contribution in [0.3, 0.4) is 0 Å². The summed E-state index contributed by atoms with van der Waals surface area (Å²) in [6.07, 6.45) is 3.13. The zero-order valence-electron chi connectivity index (χ0n) is 16.7. The van der Waals surface area contributed by atoms with Gasteiger partial charge in [0.2, 0.25) is 5.88 Å². The number of nitrogens with zero attached hydrogens (tertiary/aromatic N) is 3. The molecule has 1 unspecified atom stereocenters. The highest BCUT2D eigenvalue weighted by atomic mass is 16.5. The molecule has 1 aromatic carbocycles. The van der Waals surface area contributed by atoms with Crippen molar-refractivity contribution in [2.75, 3.05) is 30.3 Å². The minimum absolute atomic E-state index is 0.165. The smallest absolute Gasteiger partial charge is 0.310 e. The molecule has 0 saturated carbocycles. The van der Waals surface area contributed by atoms with Crippen molar-refractivity contribution in [1.82, 2.24) is 9.97 Å².